The molecule has 0 aliphatic heterocycles. The number of halogens is 3. The molecule has 0 aliphatic rings. The number of alkyl halides is 3. The van der Waals surface area contributed by atoms with Gasteiger partial charge < -0.3 is 10.1 Å². The SMILES string of the molecule is CN(CC(=O)Nc1ccc(OCC(F)(F)F)c(C#N)c1)S(=O)(=O)c1ccc(C#N)cc1. The molecular weight excluding hydrogens is 437 g/mol. The van der Waals surface area contributed by atoms with Gasteiger partial charge in [-0.1, -0.05) is 0 Å². The molecular formula is C19H15F3N4O4S. The van der Waals surface area contributed by atoms with Crippen LogP contribution in [-0.4, -0.2) is 45.0 Å². The second kappa shape index (κ2) is 9.47. The first-order valence-electron chi connectivity index (χ1n) is 8.46. The zero-order valence-electron chi connectivity index (χ0n) is 16.0. The molecule has 0 aliphatic carbocycles. The van der Waals surface area contributed by atoms with Crippen LogP contribution < -0.4 is 10.1 Å². The second-order valence-corrected chi connectivity index (χ2v) is 8.22. The summed E-state index contributed by atoms with van der Waals surface area (Å²) in [5.41, 5.74) is 0.112. The summed E-state index contributed by atoms with van der Waals surface area (Å²) in [6, 6.07) is 12.1. The van der Waals surface area contributed by atoms with Gasteiger partial charge in [0.1, 0.15) is 11.8 Å². The number of nitrogens with zero attached hydrogens (tertiary/aromatic N) is 3. The van der Waals surface area contributed by atoms with Crippen molar-refractivity contribution in [3.05, 3.63) is 53.6 Å². The third-order valence-electron chi connectivity index (χ3n) is 3.83. The molecule has 0 radical (unpaired) electrons. The molecule has 31 heavy (non-hydrogen) atoms. The number of nitrogens with one attached hydrogen (secondary N) is 1. The Morgan fingerprint density at radius 1 is 1.13 bits per heavy atom. The van der Waals surface area contributed by atoms with Crippen molar-refractivity contribution in [3.63, 3.8) is 0 Å². The Balaban J connectivity index is 2.07. The van der Waals surface area contributed by atoms with E-state index in [0.29, 0.717) is 0 Å². The average Bonchev–Trinajstić information content (AvgIpc) is 2.71. The number of hydrogen-bond acceptors (Lipinski definition) is 6. The van der Waals surface area contributed by atoms with Crippen molar-refractivity contribution >= 4 is 21.6 Å². The Bertz CT molecular complexity index is 1150. The number of benzene rings is 2. The third kappa shape index (κ3) is 6.44. The van der Waals surface area contributed by atoms with Crippen molar-refractivity contribution in [2.45, 2.75) is 11.1 Å². The fourth-order valence-electron chi connectivity index (χ4n) is 2.35. The van der Waals surface area contributed by atoms with Gasteiger partial charge in [0.2, 0.25) is 15.9 Å². The maximum absolute atomic E-state index is 12.5. The molecule has 0 saturated heterocycles. The predicted molar refractivity (Wildman–Crippen MR) is 102 cm³/mol. The second-order valence-electron chi connectivity index (χ2n) is 6.17. The van der Waals surface area contributed by atoms with E-state index in [2.05, 4.69) is 10.1 Å². The van der Waals surface area contributed by atoms with Gasteiger partial charge in [0.15, 0.2) is 6.61 Å². The van der Waals surface area contributed by atoms with Crippen LogP contribution in [0.5, 0.6) is 5.75 Å². The first-order valence-corrected chi connectivity index (χ1v) is 9.90. The summed E-state index contributed by atoms with van der Waals surface area (Å²) >= 11 is 0. The van der Waals surface area contributed by atoms with Crippen LogP contribution in [0.15, 0.2) is 47.4 Å². The number of hydrogen-bond donors (Lipinski definition) is 1. The summed E-state index contributed by atoms with van der Waals surface area (Å²) in [5.74, 6) is -1.05. The lowest BCUT2D eigenvalue weighted by atomic mass is 10.2. The van der Waals surface area contributed by atoms with Crippen molar-refractivity contribution in [1.29, 1.82) is 10.5 Å². The number of anilines is 1. The standard InChI is InChI=1S/C19H15F3N4O4S/c1-26(31(28,29)16-5-2-13(9-23)3-6-16)11-18(27)25-15-4-7-17(14(8-15)10-24)30-12-19(20,21)22/h2-8H,11-12H2,1H3,(H,25,27). The monoisotopic (exact) mass is 452 g/mol. The summed E-state index contributed by atoms with van der Waals surface area (Å²) in [6.45, 7) is -2.15. The average molecular weight is 452 g/mol. The Kier molecular flexibility index (Phi) is 7.23. The van der Waals surface area contributed by atoms with Gasteiger partial charge in [0.25, 0.3) is 0 Å². The zero-order valence-corrected chi connectivity index (χ0v) is 16.8. The van der Waals surface area contributed by atoms with E-state index >= 15 is 0 Å². The highest BCUT2D eigenvalue weighted by atomic mass is 32.2. The van der Waals surface area contributed by atoms with Crippen LogP contribution >= 0.6 is 0 Å². The number of carbonyl (C=O) groups is 1. The quantitative estimate of drug-likeness (QED) is 0.689. The Morgan fingerprint density at radius 2 is 1.77 bits per heavy atom. The predicted octanol–water partition coefficient (Wildman–Crippen LogP) is 2.63. The maximum Gasteiger partial charge on any atom is 0.422 e. The number of sulfonamides is 1. The Morgan fingerprint density at radius 3 is 2.32 bits per heavy atom. The van der Waals surface area contributed by atoms with E-state index in [1.807, 2.05) is 6.07 Å². The fourth-order valence-corrected chi connectivity index (χ4v) is 3.48. The molecule has 2 rings (SSSR count). The lowest BCUT2D eigenvalue weighted by molar-refractivity contribution is -0.153. The van der Waals surface area contributed by atoms with Crippen molar-refractivity contribution < 1.29 is 31.1 Å². The van der Waals surface area contributed by atoms with Gasteiger partial charge in [-0.3, -0.25) is 4.79 Å². The molecule has 2 aromatic carbocycles. The van der Waals surface area contributed by atoms with E-state index in [9.17, 15) is 26.4 Å². The van der Waals surface area contributed by atoms with Gasteiger partial charge in [-0.2, -0.15) is 28.0 Å². The number of rotatable bonds is 7. The number of amides is 1. The minimum atomic E-state index is -4.58. The van der Waals surface area contributed by atoms with Crippen LogP contribution in [0.3, 0.4) is 0 Å². The van der Waals surface area contributed by atoms with Gasteiger partial charge in [-0.25, -0.2) is 8.42 Å². The summed E-state index contributed by atoms with van der Waals surface area (Å²) in [6.07, 6.45) is -4.58. The van der Waals surface area contributed by atoms with Crippen LogP contribution in [0.25, 0.3) is 0 Å². The first-order chi connectivity index (χ1) is 14.5. The molecule has 0 fully saturated rings. The van der Waals surface area contributed by atoms with Gasteiger partial charge in [0.05, 0.1) is 28.6 Å². The van der Waals surface area contributed by atoms with Gasteiger partial charge in [-0.15, -0.1) is 0 Å². The molecule has 0 aromatic heterocycles. The summed E-state index contributed by atoms with van der Waals surface area (Å²) in [7, 11) is -2.83. The van der Waals surface area contributed by atoms with E-state index in [4.69, 9.17) is 10.5 Å². The summed E-state index contributed by atoms with van der Waals surface area (Å²) < 4.78 is 67.2. The molecule has 0 heterocycles. The largest absolute Gasteiger partial charge is 0.483 e. The fraction of sp³-hybridized carbons (Fsp3) is 0.211. The smallest absolute Gasteiger partial charge is 0.422 e. The van der Waals surface area contributed by atoms with Gasteiger partial charge in [-0.05, 0) is 42.5 Å². The van der Waals surface area contributed by atoms with E-state index < -0.39 is 35.3 Å². The maximum atomic E-state index is 12.5. The molecule has 0 spiro atoms. The minimum absolute atomic E-state index is 0.0741. The summed E-state index contributed by atoms with van der Waals surface area (Å²) in [5, 5.41) is 20.2. The third-order valence-corrected chi connectivity index (χ3v) is 5.65. The molecule has 12 heteroatoms. The van der Waals surface area contributed by atoms with E-state index in [1.165, 1.54) is 37.4 Å². The van der Waals surface area contributed by atoms with Crippen molar-refractivity contribution in [2.75, 3.05) is 25.5 Å². The highest BCUT2D eigenvalue weighted by Crippen LogP contribution is 2.25. The van der Waals surface area contributed by atoms with Crippen molar-refractivity contribution in [1.82, 2.24) is 4.31 Å². The lowest BCUT2D eigenvalue weighted by Crippen LogP contribution is -2.35. The molecule has 8 nitrogen and oxygen atoms in total. The molecule has 162 valence electrons. The van der Waals surface area contributed by atoms with Gasteiger partial charge >= 0.3 is 6.18 Å². The highest BCUT2D eigenvalue weighted by molar-refractivity contribution is 7.89. The van der Waals surface area contributed by atoms with Crippen LogP contribution in [0.4, 0.5) is 18.9 Å². The topological polar surface area (TPSA) is 123 Å². The zero-order chi connectivity index (χ0) is 23.2. The molecule has 0 unspecified atom stereocenters. The van der Waals surface area contributed by atoms with Crippen LogP contribution in [0, 0.1) is 22.7 Å². The molecule has 0 atom stereocenters. The number of likely N-dealkylation sites (N-methyl/N-ethyl adjacent to an activating group) is 1. The van der Waals surface area contributed by atoms with E-state index in [1.54, 1.807) is 6.07 Å². The molecule has 1 amide bonds. The van der Waals surface area contributed by atoms with Crippen LogP contribution in [-0.2, 0) is 14.8 Å². The highest BCUT2D eigenvalue weighted by Gasteiger charge is 2.29. The number of carbonyl (C=O) groups excluding carboxylic acids is 1. The summed E-state index contributed by atoms with van der Waals surface area (Å²) in [4.78, 5) is 12.1. The Labute approximate surface area is 176 Å². The first kappa shape index (κ1) is 23.7. The van der Waals surface area contributed by atoms with Crippen LogP contribution in [0.2, 0.25) is 0 Å². The van der Waals surface area contributed by atoms with Crippen LogP contribution in [0.1, 0.15) is 11.1 Å². The lowest BCUT2D eigenvalue weighted by Gasteiger charge is -2.17. The minimum Gasteiger partial charge on any atom is -0.483 e. The normalized spacial score (nSPS) is 11.5. The number of ether oxygens (including phenoxy) is 1. The van der Waals surface area contributed by atoms with E-state index in [0.717, 1.165) is 16.4 Å². The number of nitriles is 2. The van der Waals surface area contributed by atoms with Crippen molar-refractivity contribution in [3.8, 4) is 17.9 Å². The molecule has 0 saturated carbocycles. The molecule has 1 N–H and O–H groups in total. The molecule has 2 aromatic rings. The van der Waals surface area contributed by atoms with Gasteiger partial charge in [0, 0.05) is 12.7 Å². The van der Waals surface area contributed by atoms with E-state index in [-0.39, 0.29) is 27.5 Å². The Hall–Kier alpha value is -3.61. The van der Waals surface area contributed by atoms with Crippen molar-refractivity contribution in [2.24, 2.45) is 0 Å². The molecule has 0 bridgehead atoms.